The molecule has 0 aliphatic heterocycles. The fourth-order valence-corrected chi connectivity index (χ4v) is 1.39. The molecule has 0 amide bonds. The van der Waals surface area contributed by atoms with Crippen LogP contribution in [-0.4, -0.2) is 11.2 Å². The molecule has 2 unspecified atom stereocenters. The number of hydrogen-bond acceptors (Lipinski definition) is 2. The molecule has 1 aromatic rings. The molecule has 0 bridgehead atoms. The van der Waals surface area contributed by atoms with Crippen LogP contribution in [0.25, 0.3) is 0 Å². The van der Waals surface area contributed by atoms with Gasteiger partial charge in [-0.25, -0.2) is 0 Å². The number of nitrogens with zero attached hydrogens (tertiary/aromatic N) is 1. The van der Waals surface area contributed by atoms with E-state index >= 15 is 0 Å². The van der Waals surface area contributed by atoms with Crippen LogP contribution in [0.2, 0.25) is 0 Å². The van der Waals surface area contributed by atoms with Crippen molar-refractivity contribution in [3.05, 3.63) is 35.9 Å². The number of benzene rings is 1. The highest BCUT2D eigenvalue weighted by Crippen LogP contribution is 2.23. The van der Waals surface area contributed by atoms with Crippen molar-refractivity contribution in [1.29, 1.82) is 5.26 Å². The molecule has 0 saturated carbocycles. The van der Waals surface area contributed by atoms with E-state index in [-0.39, 0.29) is 5.92 Å². The summed E-state index contributed by atoms with van der Waals surface area (Å²) in [5, 5.41) is 18.8. The third-order valence-electron chi connectivity index (χ3n) is 2.32. The summed E-state index contributed by atoms with van der Waals surface area (Å²) in [6, 6.07) is 11.6. The van der Waals surface area contributed by atoms with Gasteiger partial charge in [-0.05, 0) is 11.5 Å². The van der Waals surface area contributed by atoms with Crippen LogP contribution >= 0.6 is 0 Å². The predicted octanol–water partition coefficient (Wildman–Crippen LogP) is 2.31. The number of aliphatic hydroxyl groups excluding tert-OH is 1. The summed E-state index contributed by atoms with van der Waals surface area (Å²) in [4.78, 5) is 0. The van der Waals surface area contributed by atoms with E-state index < -0.39 is 12.0 Å². The van der Waals surface area contributed by atoms with Gasteiger partial charge in [0.2, 0.25) is 0 Å². The van der Waals surface area contributed by atoms with E-state index in [4.69, 9.17) is 5.26 Å². The summed E-state index contributed by atoms with van der Waals surface area (Å²) >= 11 is 0. The molecular weight excluding hydrogens is 174 g/mol. The minimum Gasteiger partial charge on any atom is -0.391 e. The van der Waals surface area contributed by atoms with Gasteiger partial charge in [0.1, 0.15) is 0 Å². The number of aliphatic hydroxyl groups is 1. The minimum absolute atomic E-state index is 0.0971. The second-order valence-electron chi connectivity index (χ2n) is 3.75. The van der Waals surface area contributed by atoms with Gasteiger partial charge in [-0.2, -0.15) is 5.26 Å². The summed E-state index contributed by atoms with van der Waals surface area (Å²) in [7, 11) is 0. The molecule has 0 saturated heterocycles. The molecule has 0 heterocycles. The lowest BCUT2D eigenvalue weighted by molar-refractivity contribution is 0.113. The summed E-state index contributed by atoms with van der Waals surface area (Å²) in [5.41, 5.74) is 0.885. The highest BCUT2D eigenvalue weighted by atomic mass is 16.3. The van der Waals surface area contributed by atoms with E-state index in [9.17, 15) is 5.11 Å². The molecule has 0 fully saturated rings. The Labute approximate surface area is 84.8 Å². The number of rotatable bonds is 3. The molecule has 0 aliphatic rings. The van der Waals surface area contributed by atoms with Crippen LogP contribution in [0.5, 0.6) is 0 Å². The maximum Gasteiger partial charge on any atom is 0.0974 e. The van der Waals surface area contributed by atoms with E-state index in [2.05, 4.69) is 6.07 Å². The van der Waals surface area contributed by atoms with Gasteiger partial charge in [0.05, 0.1) is 18.1 Å². The quantitative estimate of drug-likeness (QED) is 0.793. The number of hydrogen-bond donors (Lipinski definition) is 1. The second-order valence-corrected chi connectivity index (χ2v) is 3.75. The molecule has 1 N–H and O–H groups in total. The smallest absolute Gasteiger partial charge is 0.0974 e. The molecule has 2 heteroatoms. The Morgan fingerprint density at radius 1 is 1.21 bits per heavy atom. The van der Waals surface area contributed by atoms with E-state index in [0.717, 1.165) is 5.56 Å². The molecule has 74 valence electrons. The predicted molar refractivity (Wildman–Crippen MR) is 55.6 cm³/mol. The van der Waals surface area contributed by atoms with Crippen LogP contribution in [0.15, 0.2) is 30.3 Å². The topological polar surface area (TPSA) is 44.0 Å². The van der Waals surface area contributed by atoms with Gasteiger partial charge in [-0.3, -0.25) is 0 Å². The third kappa shape index (κ3) is 2.34. The van der Waals surface area contributed by atoms with Crippen LogP contribution < -0.4 is 0 Å². The normalized spacial score (nSPS) is 14.8. The molecule has 0 aromatic heterocycles. The fraction of sp³-hybridized carbons (Fsp3) is 0.417. The SMILES string of the molecule is CC(C)C(O)C(C#N)c1ccccc1. The lowest BCUT2D eigenvalue weighted by Gasteiger charge is -2.20. The van der Waals surface area contributed by atoms with E-state index in [0.29, 0.717) is 0 Å². The van der Waals surface area contributed by atoms with Crippen LogP contribution in [0, 0.1) is 17.2 Å². The average Bonchev–Trinajstić information content (AvgIpc) is 2.20. The lowest BCUT2D eigenvalue weighted by Crippen LogP contribution is -2.23. The fourth-order valence-electron chi connectivity index (χ4n) is 1.39. The zero-order valence-corrected chi connectivity index (χ0v) is 8.51. The number of nitriles is 1. The Kier molecular flexibility index (Phi) is 3.67. The molecule has 0 radical (unpaired) electrons. The first kappa shape index (κ1) is 10.7. The molecule has 0 aliphatic carbocycles. The standard InChI is InChI=1S/C12H15NO/c1-9(2)12(14)11(8-13)10-6-4-3-5-7-10/h3-7,9,11-12,14H,1-2H3. The first-order valence-electron chi connectivity index (χ1n) is 4.79. The lowest BCUT2D eigenvalue weighted by atomic mass is 9.88. The zero-order valence-electron chi connectivity index (χ0n) is 8.51. The van der Waals surface area contributed by atoms with Crippen molar-refractivity contribution in [1.82, 2.24) is 0 Å². The monoisotopic (exact) mass is 189 g/mol. The van der Waals surface area contributed by atoms with Gasteiger partial charge in [0.15, 0.2) is 0 Å². The van der Waals surface area contributed by atoms with Crippen molar-refractivity contribution >= 4 is 0 Å². The highest BCUT2D eigenvalue weighted by molar-refractivity contribution is 5.26. The van der Waals surface area contributed by atoms with E-state index in [1.165, 1.54) is 0 Å². The molecule has 2 nitrogen and oxygen atoms in total. The molecule has 2 atom stereocenters. The Balaban J connectivity index is 2.89. The van der Waals surface area contributed by atoms with Crippen LogP contribution in [-0.2, 0) is 0 Å². The van der Waals surface area contributed by atoms with E-state index in [1.807, 2.05) is 44.2 Å². The molecular formula is C12H15NO. The molecule has 14 heavy (non-hydrogen) atoms. The maximum atomic E-state index is 9.82. The van der Waals surface area contributed by atoms with Gasteiger partial charge >= 0.3 is 0 Å². The van der Waals surface area contributed by atoms with Gasteiger partial charge in [-0.1, -0.05) is 44.2 Å². The molecule has 1 aromatic carbocycles. The maximum absolute atomic E-state index is 9.82. The largest absolute Gasteiger partial charge is 0.391 e. The van der Waals surface area contributed by atoms with Crippen molar-refractivity contribution in [2.75, 3.05) is 0 Å². The van der Waals surface area contributed by atoms with Crippen molar-refractivity contribution in [3.8, 4) is 6.07 Å². The summed E-state index contributed by atoms with van der Waals surface area (Å²) < 4.78 is 0. The van der Waals surface area contributed by atoms with Gasteiger partial charge < -0.3 is 5.11 Å². The van der Waals surface area contributed by atoms with Gasteiger partial charge in [0, 0.05) is 0 Å². The van der Waals surface area contributed by atoms with Crippen molar-refractivity contribution in [3.63, 3.8) is 0 Å². The van der Waals surface area contributed by atoms with Crippen LogP contribution in [0.3, 0.4) is 0 Å². The first-order chi connectivity index (χ1) is 6.66. The van der Waals surface area contributed by atoms with Crippen molar-refractivity contribution in [2.24, 2.45) is 5.92 Å². The first-order valence-corrected chi connectivity index (χ1v) is 4.79. The molecule has 1 rings (SSSR count). The minimum atomic E-state index is -0.595. The molecule has 0 spiro atoms. The van der Waals surface area contributed by atoms with Crippen LogP contribution in [0.1, 0.15) is 25.3 Å². The van der Waals surface area contributed by atoms with E-state index in [1.54, 1.807) is 0 Å². The zero-order chi connectivity index (χ0) is 10.6. The Hall–Kier alpha value is -1.33. The van der Waals surface area contributed by atoms with Gasteiger partial charge in [0.25, 0.3) is 0 Å². The third-order valence-corrected chi connectivity index (χ3v) is 2.32. The second kappa shape index (κ2) is 4.78. The summed E-state index contributed by atoms with van der Waals surface area (Å²) in [5.74, 6) is -0.323. The Bertz CT molecular complexity index is 313. The average molecular weight is 189 g/mol. The van der Waals surface area contributed by atoms with Crippen molar-refractivity contribution in [2.45, 2.75) is 25.9 Å². The highest BCUT2D eigenvalue weighted by Gasteiger charge is 2.23. The van der Waals surface area contributed by atoms with Crippen LogP contribution in [0.4, 0.5) is 0 Å². The van der Waals surface area contributed by atoms with Crippen molar-refractivity contribution < 1.29 is 5.11 Å². The van der Waals surface area contributed by atoms with Gasteiger partial charge in [-0.15, -0.1) is 0 Å². The Morgan fingerprint density at radius 3 is 2.21 bits per heavy atom. The Morgan fingerprint density at radius 2 is 1.79 bits per heavy atom. The summed E-state index contributed by atoms with van der Waals surface area (Å²) in [6.07, 6.45) is -0.595. The summed E-state index contributed by atoms with van der Waals surface area (Å²) in [6.45, 7) is 3.83.